The van der Waals surface area contributed by atoms with Crippen LogP contribution in [0.4, 0.5) is 5.69 Å². The lowest BCUT2D eigenvalue weighted by Crippen LogP contribution is -2.07. The summed E-state index contributed by atoms with van der Waals surface area (Å²) in [5, 5.41) is 2.66. The summed E-state index contributed by atoms with van der Waals surface area (Å²) in [5.74, 6) is -0.0133. The van der Waals surface area contributed by atoms with Gasteiger partial charge in [-0.3, -0.25) is 9.59 Å². The maximum Gasteiger partial charge on any atom is 0.221 e. The smallest absolute Gasteiger partial charge is 0.221 e. The van der Waals surface area contributed by atoms with Crippen molar-refractivity contribution in [2.45, 2.75) is 24.7 Å². The van der Waals surface area contributed by atoms with Crippen molar-refractivity contribution in [3.63, 3.8) is 0 Å². The summed E-state index contributed by atoms with van der Waals surface area (Å²) in [7, 11) is 0. The lowest BCUT2D eigenvalue weighted by molar-refractivity contribution is -0.114. The third-order valence-corrected chi connectivity index (χ3v) is 2.82. The highest BCUT2D eigenvalue weighted by atomic mass is 32.1. The van der Waals surface area contributed by atoms with Crippen LogP contribution in [0.25, 0.3) is 0 Å². The summed E-state index contributed by atoms with van der Waals surface area (Å²) in [4.78, 5) is 23.1. The maximum absolute atomic E-state index is 11.5. The van der Waals surface area contributed by atoms with Gasteiger partial charge in [-0.25, -0.2) is 0 Å². The predicted octanol–water partition coefficient (Wildman–Crippen LogP) is 2.06. The van der Waals surface area contributed by atoms with Crippen molar-refractivity contribution in [2.24, 2.45) is 0 Å². The molecule has 0 saturated carbocycles. The molecule has 1 amide bonds. The van der Waals surface area contributed by atoms with Crippen molar-refractivity contribution in [1.29, 1.82) is 0 Å². The van der Waals surface area contributed by atoms with Crippen LogP contribution >= 0.6 is 12.6 Å². The molecule has 2 rings (SSSR count). The molecule has 0 heterocycles. The fourth-order valence-corrected chi connectivity index (χ4v) is 2.05. The summed E-state index contributed by atoms with van der Waals surface area (Å²) < 4.78 is 0. The lowest BCUT2D eigenvalue weighted by atomic mass is 10.1. The number of anilines is 1. The number of carbonyl (C=O) groups is 2. The molecule has 0 bridgehead atoms. The van der Waals surface area contributed by atoms with E-state index in [1.807, 2.05) is 6.07 Å². The Labute approximate surface area is 93.3 Å². The van der Waals surface area contributed by atoms with Gasteiger partial charge in [0.05, 0.1) is 5.69 Å². The third kappa shape index (κ3) is 1.90. The van der Waals surface area contributed by atoms with Gasteiger partial charge in [0.25, 0.3) is 0 Å². The van der Waals surface area contributed by atoms with Crippen LogP contribution in [-0.2, 0) is 11.2 Å². The average molecular weight is 221 g/mol. The minimum Gasteiger partial charge on any atom is -0.325 e. The molecule has 4 heteroatoms. The summed E-state index contributed by atoms with van der Waals surface area (Å²) in [6.45, 7) is 1.43. The normalized spacial score (nSPS) is 13.9. The molecule has 3 nitrogen and oxygen atoms in total. The van der Waals surface area contributed by atoms with Gasteiger partial charge in [-0.05, 0) is 24.1 Å². The van der Waals surface area contributed by atoms with Crippen molar-refractivity contribution in [1.82, 2.24) is 0 Å². The minimum atomic E-state index is -0.157. The first-order valence-corrected chi connectivity index (χ1v) is 5.19. The van der Waals surface area contributed by atoms with Crippen molar-refractivity contribution in [2.75, 3.05) is 5.32 Å². The Kier molecular flexibility index (Phi) is 2.52. The van der Waals surface area contributed by atoms with E-state index in [1.54, 1.807) is 6.07 Å². The molecule has 78 valence electrons. The number of Topliss-reactive ketones (excluding diaryl/α,β-unsaturated/α-hetero) is 1. The highest BCUT2D eigenvalue weighted by Crippen LogP contribution is 2.30. The zero-order valence-electron chi connectivity index (χ0n) is 8.33. The standard InChI is InChI=1S/C11H11NO2S/c1-6(13)12-9-5-8-7(4-11(9)15)2-3-10(8)14/h4-5,15H,2-3H2,1H3,(H,12,13). The predicted molar refractivity (Wildman–Crippen MR) is 60.6 cm³/mol. The van der Waals surface area contributed by atoms with Crippen LogP contribution < -0.4 is 5.32 Å². The van der Waals surface area contributed by atoms with E-state index in [2.05, 4.69) is 17.9 Å². The van der Waals surface area contributed by atoms with Crippen LogP contribution in [0, 0.1) is 0 Å². The van der Waals surface area contributed by atoms with Crippen LogP contribution in [0.2, 0.25) is 0 Å². The molecule has 0 aromatic heterocycles. The lowest BCUT2D eigenvalue weighted by Gasteiger charge is -2.08. The fourth-order valence-electron chi connectivity index (χ4n) is 1.77. The largest absolute Gasteiger partial charge is 0.325 e. The van der Waals surface area contributed by atoms with Crippen LogP contribution in [0.15, 0.2) is 17.0 Å². The monoisotopic (exact) mass is 221 g/mol. The highest BCUT2D eigenvalue weighted by molar-refractivity contribution is 7.80. The average Bonchev–Trinajstić information content (AvgIpc) is 2.48. The summed E-state index contributed by atoms with van der Waals surface area (Å²) >= 11 is 4.27. The number of nitrogens with one attached hydrogen (secondary N) is 1. The van der Waals surface area contributed by atoms with Crippen molar-refractivity contribution >= 4 is 30.0 Å². The van der Waals surface area contributed by atoms with E-state index in [1.165, 1.54) is 6.92 Å². The molecule has 0 unspecified atom stereocenters. The zero-order valence-corrected chi connectivity index (χ0v) is 9.23. The first-order valence-electron chi connectivity index (χ1n) is 4.74. The summed E-state index contributed by atoms with van der Waals surface area (Å²) in [5.41, 5.74) is 2.36. The topological polar surface area (TPSA) is 46.2 Å². The molecule has 1 aliphatic carbocycles. The van der Waals surface area contributed by atoms with Crippen molar-refractivity contribution in [3.05, 3.63) is 23.3 Å². The number of benzene rings is 1. The van der Waals surface area contributed by atoms with Crippen LogP contribution in [0.1, 0.15) is 29.3 Å². The van der Waals surface area contributed by atoms with Gasteiger partial charge in [0.15, 0.2) is 5.78 Å². The van der Waals surface area contributed by atoms with Crippen molar-refractivity contribution < 1.29 is 9.59 Å². The number of hydrogen-bond donors (Lipinski definition) is 2. The molecule has 0 atom stereocenters. The van der Waals surface area contributed by atoms with E-state index in [4.69, 9.17) is 0 Å². The van der Waals surface area contributed by atoms with Gasteiger partial charge >= 0.3 is 0 Å². The quantitative estimate of drug-likeness (QED) is 0.713. The molecule has 0 spiro atoms. The van der Waals surface area contributed by atoms with E-state index in [-0.39, 0.29) is 11.7 Å². The Hall–Kier alpha value is -1.29. The summed E-state index contributed by atoms with van der Waals surface area (Å²) in [6, 6.07) is 3.57. The first-order chi connectivity index (χ1) is 7.08. The van der Waals surface area contributed by atoms with E-state index in [9.17, 15) is 9.59 Å². The SMILES string of the molecule is CC(=O)Nc1cc2c(cc1S)CCC2=O. The van der Waals surface area contributed by atoms with Gasteiger partial charge in [0, 0.05) is 23.8 Å². The Morgan fingerprint density at radius 1 is 1.40 bits per heavy atom. The molecule has 0 aliphatic heterocycles. The number of hydrogen-bond acceptors (Lipinski definition) is 3. The van der Waals surface area contributed by atoms with Crippen LogP contribution in [0.3, 0.4) is 0 Å². The molecule has 0 radical (unpaired) electrons. The molecule has 1 aliphatic rings. The van der Waals surface area contributed by atoms with Crippen molar-refractivity contribution in [3.8, 4) is 0 Å². The number of aryl methyl sites for hydroxylation is 1. The second-order valence-electron chi connectivity index (χ2n) is 3.63. The second kappa shape index (κ2) is 3.70. The Morgan fingerprint density at radius 3 is 2.80 bits per heavy atom. The highest BCUT2D eigenvalue weighted by Gasteiger charge is 2.21. The zero-order chi connectivity index (χ0) is 11.0. The Balaban J connectivity index is 2.45. The van der Waals surface area contributed by atoms with Gasteiger partial charge in [-0.15, -0.1) is 12.6 Å². The molecule has 1 N–H and O–H groups in total. The van der Waals surface area contributed by atoms with E-state index in [0.29, 0.717) is 17.0 Å². The molecule has 15 heavy (non-hydrogen) atoms. The number of thiol groups is 1. The van der Waals surface area contributed by atoms with Gasteiger partial charge in [-0.2, -0.15) is 0 Å². The number of ketones is 1. The number of carbonyl (C=O) groups excluding carboxylic acids is 2. The van der Waals surface area contributed by atoms with E-state index < -0.39 is 0 Å². The number of fused-ring (bicyclic) bond motifs is 1. The van der Waals surface area contributed by atoms with Crippen LogP contribution in [0.5, 0.6) is 0 Å². The van der Waals surface area contributed by atoms with Crippen LogP contribution in [-0.4, -0.2) is 11.7 Å². The third-order valence-electron chi connectivity index (χ3n) is 2.45. The Bertz CT molecular complexity index is 454. The molecule has 0 saturated heterocycles. The van der Waals surface area contributed by atoms with Gasteiger partial charge in [-0.1, -0.05) is 0 Å². The van der Waals surface area contributed by atoms with Gasteiger partial charge in [0.2, 0.25) is 5.91 Å². The number of amides is 1. The molecule has 1 aromatic carbocycles. The minimum absolute atomic E-state index is 0.143. The molecule has 0 fully saturated rings. The van der Waals surface area contributed by atoms with Gasteiger partial charge < -0.3 is 5.32 Å². The maximum atomic E-state index is 11.5. The first kappa shape index (κ1) is 10.2. The Morgan fingerprint density at radius 2 is 2.13 bits per heavy atom. The van der Waals surface area contributed by atoms with E-state index >= 15 is 0 Å². The fraction of sp³-hybridized carbons (Fsp3) is 0.273. The van der Waals surface area contributed by atoms with Gasteiger partial charge in [0.1, 0.15) is 0 Å². The number of rotatable bonds is 1. The second-order valence-corrected chi connectivity index (χ2v) is 4.11. The molecule has 1 aromatic rings. The summed E-state index contributed by atoms with van der Waals surface area (Å²) in [6.07, 6.45) is 1.34. The molecular formula is C11H11NO2S. The van der Waals surface area contributed by atoms with E-state index in [0.717, 1.165) is 17.5 Å². The molecular weight excluding hydrogens is 210 g/mol.